The molecule has 0 saturated heterocycles. The first kappa shape index (κ1) is 13.8. The van der Waals surface area contributed by atoms with Gasteiger partial charge in [0.15, 0.2) is 11.5 Å². The number of thiophene rings is 1. The normalized spacial score (nSPS) is 10.8. The zero-order chi connectivity index (χ0) is 14.8. The molecule has 21 heavy (non-hydrogen) atoms. The highest BCUT2D eigenvalue weighted by Crippen LogP contribution is 2.40. The van der Waals surface area contributed by atoms with Gasteiger partial charge in [-0.1, -0.05) is 19.1 Å². The molecule has 1 aromatic carbocycles. The Morgan fingerprint density at radius 1 is 1.29 bits per heavy atom. The summed E-state index contributed by atoms with van der Waals surface area (Å²) in [6.45, 7) is 4.24. The molecular formula is C17H17NO2S. The van der Waals surface area contributed by atoms with Crippen molar-refractivity contribution in [2.45, 2.75) is 20.3 Å². The van der Waals surface area contributed by atoms with Gasteiger partial charge in [0.25, 0.3) is 0 Å². The molecule has 0 atom stereocenters. The molecule has 3 aromatic rings. The van der Waals surface area contributed by atoms with Crippen LogP contribution in [0, 0.1) is 6.92 Å². The van der Waals surface area contributed by atoms with E-state index >= 15 is 0 Å². The van der Waals surface area contributed by atoms with Gasteiger partial charge in [-0.3, -0.25) is 0 Å². The van der Waals surface area contributed by atoms with Gasteiger partial charge in [0.1, 0.15) is 12.0 Å². The number of aromatic hydroxyl groups is 1. The lowest BCUT2D eigenvalue weighted by molar-refractivity contribution is 0.466. The molecule has 0 aliphatic carbocycles. The average molecular weight is 299 g/mol. The average Bonchev–Trinajstić information content (AvgIpc) is 3.10. The summed E-state index contributed by atoms with van der Waals surface area (Å²) >= 11 is 1.54. The smallest absolute Gasteiger partial charge is 0.187 e. The van der Waals surface area contributed by atoms with Crippen LogP contribution in [-0.2, 0) is 6.42 Å². The van der Waals surface area contributed by atoms with Crippen LogP contribution in [-0.4, -0.2) is 5.11 Å². The zero-order valence-electron chi connectivity index (χ0n) is 12.0. The van der Waals surface area contributed by atoms with Crippen LogP contribution in [0.2, 0.25) is 0 Å². The van der Waals surface area contributed by atoms with Crippen LogP contribution < -0.4 is 5.32 Å². The van der Waals surface area contributed by atoms with E-state index in [0.29, 0.717) is 11.4 Å². The van der Waals surface area contributed by atoms with Crippen molar-refractivity contribution in [3.8, 4) is 16.4 Å². The lowest BCUT2D eigenvalue weighted by Crippen LogP contribution is -1.92. The molecule has 0 radical (unpaired) electrons. The second-order valence-electron chi connectivity index (χ2n) is 4.92. The molecule has 0 fully saturated rings. The minimum absolute atomic E-state index is 0.148. The van der Waals surface area contributed by atoms with Gasteiger partial charge < -0.3 is 14.8 Å². The first-order valence-electron chi connectivity index (χ1n) is 6.90. The number of hydrogen-bond donors (Lipinski definition) is 2. The van der Waals surface area contributed by atoms with Crippen molar-refractivity contribution in [1.29, 1.82) is 0 Å². The van der Waals surface area contributed by atoms with E-state index < -0.39 is 0 Å². The Kier molecular flexibility index (Phi) is 3.71. The minimum atomic E-state index is 0.148. The number of furan rings is 1. The molecule has 0 saturated carbocycles. The second kappa shape index (κ2) is 5.66. The molecule has 108 valence electrons. The molecule has 0 aliphatic rings. The lowest BCUT2D eigenvalue weighted by atomic mass is 10.1. The molecule has 3 rings (SSSR count). The van der Waals surface area contributed by atoms with Crippen molar-refractivity contribution in [3.05, 3.63) is 53.1 Å². The van der Waals surface area contributed by atoms with E-state index in [2.05, 4.69) is 31.3 Å². The Morgan fingerprint density at radius 3 is 2.81 bits per heavy atom. The number of benzene rings is 1. The number of aryl methyl sites for hydroxylation is 2. The third-order valence-electron chi connectivity index (χ3n) is 3.51. The highest BCUT2D eigenvalue weighted by atomic mass is 32.1. The van der Waals surface area contributed by atoms with E-state index in [-0.39, 0.29) is 5.75 Å². The van der Waals surface area contributed by atoms with Gasteiger partial charge in [-0.2, -0.15) is 0 Å². The molecule has 2 aromatic heterocycles. The van der Waals surface area contributed by atoms with Crippen molar-refractivity contribution in [3.63, 3.8) is 0 Å². The van der Waals surface area contributed by atoms with Crippen molar-refractivity contribution >= 4 is 22.7 Å². The van der Waals surface area contributed by atoms with Gasteiger partial charge >= 0.3 is 0 Å². The van der Waals surface area contributed by atoms with Gasteiger partial charge in [0.2, 0.25) is 0 Å². The number of rotatable bonds is 4. The van der Waals surface area contributed by atoms with Crippen molar-refractivity contribution in [1.82, 2.24) is 0 Å². The predicted molar refractivity (Wildman–Crippen MR) is 87.5 cm³/mol. The molecule has 0 spiro atoms. The summed E-state index contributed by atoms with van der Waals surface area (Å²) in [4.78, 5) is 0.915. The summed E-state index contributed by atoms with van der Waals surface area (Å²) in [5.74, 6) is 0.657. The summed E-state index contributed by atoms with van der Waals surface area (Å²) in [5.41, 5.74) is 4.10. The Labute approximate surface area is 127 Å². The van der Waals surface area contributed by atoms with E-state index in [9.17, 15) is 5.11 Å². The van der Waals surface area contributed by atoms with Crippen molar-refractivity contribution in [2.24, 2.45) is 0 Å². The topological polar surface area (TPSA) is 45.4 Å². The molecule has 2 heterocycles. The van der Waals surface area contributed by atoms with Crippen LogP contribution in [0.3, 0.4) is 0 Å². The molecule has 2 N–H and O–H groups in total. The fourth-order valence-electron chi connectivity index (χ4n) is 2.35. The third kappa shape index (κ3) is 2.67. The first-order valence-corrected chi connectivity index (χ1v) is 7.78. The largest absolute Gasteiger partial charge is 0.503 e. The summed E-state index contributed by atoms with van der Waals surface area (Å²) < 4.78 is 5.49. The molecule has 0 amide bonds. The van der Waals surface area contributed by atoms with Crippen LogP contribution in [0.1, 0.15) is 18.1 Å². The van der Waals surface area contributed by atoms with Crippen LogP contribution in [0.4, 0.5) is 11.4 Å². The number of hydrogen-bond acceptors (Lipinski definition) is 4. The molecular weight excluding hydrogens is 282 g/mol. The second-order valence-corrected chi connectivity index (χ2v) is 5.87. The Morgan fingerprint density at radius 2 is 2.14 bits per heavy atom. The molecule has 0 bridgehead atoms. The van der Waals surface area contributed by atoms with E-state index in [4.69, 9.17) is 4.42 Å². The molecule has 0 unspecified atom stereocenters. The summed E-state index contributed by atoms with van der Waals surface area (Å²) in [6, 6.07) is 10.1. The lowest BCUT2D eigenvalue weighted by Gasteiger charge is -2.08. The van der Waals surface area contributed by atoms with E-state index in [1.165, 1.54) is 22.5 Å². The van der Waals surface area contributed by atoms with Crippen LogP contribution in [0.25, 0.3) is 10.6 Å². The highest BCUT2D eigenvalue weighted by Gasteiger charge is 2.15. The van der Waals surface area contributed by atoms with E-state index in [0.717, 1.165) is 17.0 Å². The Balaban J connectivity index is 1.87. The Bertz CT molecular complexity index is 744. The molecule has 0 aliphatic heterocycles. The van der Waals surface area contributed by atoms with Crippen molar-refractivity contribution < 1.29 is 9.52 Å². The third-order valence-corrected chi connectivity index (χ3v) is 4.38. The maximum Gasteiger partial charge on any atom is 0.187 e. The van der Waals surface area contributed by atoms with Crippen LogP contribution in [0.5, 0.6) is 5.75 Å². The predicted octanol–water partition coefficient (Wildman–Crippen LogP) is 5.33. The number of nitrogens with one attached hydrogen (secondary N) is 1. The summed E-state index contributed by atoms with van der Waals surface area (Å²) in [5, 5.41) is 15.4. The fraction of sp³-hybridized carbons (Fsp3) is 0.176. The maximum absolute atomic E-state index is 10.3. The Hall–Kier alpha value is -2.20. The quantitative estimate of drug-likeness (QED) is 0.684. The van der Waals surface area contributed by atoms with Crippen LogP contribution in [0.15, 0.2) is 46.4 Å². The number of anilines is 2. The highest BCUT2D eigenvalue weighted by molar-refractivity contribution is 7.13. The van der Waals surface area contributed by atoms with Crippen LogP contribution >= 0.6 is 11.3 Å². The molecule has 3 nitrogen and oxygen atoms in total. The fourth-order valence-corrected chi connectivity index (χ4v) is 3.06. The monoisotopic (exact) mass is 299 g/mol. The standard InChI is InChI=1S/C17H17NO2S/c1-3-12-6-7-13(9-11(12)2)18-14-10-20-17(16(14)19)15-5-4-8-21-15/h4-10,18-19H,3H2,1-2H3. The van der Waals surface area contributed by atoms with Gasteiger partial charge in [0.05, 0.1) is 4.88 Å². The SMILES string of the molecule is CCc1ccc(Nc2coc(-c3cccs3)c2O)cc1C. The summed E-state index contributed by atoms with van der Waals surface area (Å²) in [6.07, 6.45) is 2.57. The molecule has 4 heteroatoms. The van der Waals surface area contributed by atoms with Crippen molar-refractivity contribution in [2.75, 3.05) is 5.32 Å². The summed E-state index contributed by atoms with van der Waals surface area (Å²) in [7, 11) is 0. The van der Waals surface area contributed by atoms with Gasteiger partial charge in [-0.15, -0.1) is 11.3 Å². The van der Waals surface area contributed by atoms with Gasteiger partial charge in [-0.05, 0) is 48.1 Å². The maximum atomic E-state index is 10.3. The zero-order valence-corrected chi connectivity index (χ0v) is 12.8. The van der Waals surface area contributed by atoms with E-state index in [1.54, 1.807) is 6.26 Å². The van der Waals surface area contributed by atoms with Gasteiger partial charge in [-0.25, -0.2) is 0 Å². The van der Waals surface area contributed by atoms with Gasteiger partial charge in [0, 0.05) is 5.69 Å². The van der Waals surface area contributed by atoms with E-state index in [1.807, 2.05) is 23.6 Å². The first-order chi connectivity index (χ1) is 10.2. The minimum Gasteiger partial charge on any atom is -0.503 e.